The van der Waals surface area contributed by atoms with Crippen LogP contribution >= 0.6 is 0 Å². The van der Waals surface area contributed by atoms with Gasteiger partial charge >= 0.3 is 0 Å². The first-order chi connectivity index (χ1) is 2.91. The van der Waals surface area contributed by atoms with Crippen molar-refractivity contribution in [2.45, 2.75) is 21.8 Å². The summed E-state index contributed by atoms with van der Waals surface area (Å²) in [6.45, 7) is 6.90. The van der Waals surface area contributed by atoms with Crippen LogP contribution in [0, 0.1) is 0 Å². The van der Waals surface area contributed by atoms with E-state index in [0.717, 1.165) is 6.61 Å². The Kier molecular flexibility index (Phi) is 31.1. The third-order valence-corrected chi connectivity index (χ3v) is 0.440. The summed E-state index contributed by atoms with van der Waals surface area (Å²) in [5.41, 5.74) is 0. The van der Waals surface area contributed by atoms with Gasteiger partial charge in [0.2, 0.25) is 0 Å². The molecule has 0 fully saturated rings. The average Bonchev–Trinajstić information content (AvgIpc) is 1.61. The van der Waals surface area contributed by atoms with Crippen LogP contribution in [0.3, 0.4) is 0 Å². The van der Waals surface area contributed by atoms with Crippen molar-refractivity contribution < 1.29 is 4.74 Å². The van der Waals surface area contributed by atoms with E-state index in [2.05, 4.69) is 6.58 Å². The van der Waals surface area contributed by atoms with Crippen LogP contribution in [-0.2, 0) is 4.74 Å². The standard InChI is InChI=1S/C5H10O.2CH4/c1-3-5-6-4-2;;/h3H,1,4-5H2,2H3;2*1H4. The molecule has 1 nitrogen and oxygen atoms in total. The van der Waals surface area contributed by atoms with E-state index < -0.39 is 0 Å². The van der Waals surface area contributed by atoms with Crippen molar-refractivity contribution in [1.29, 1.82) is 0 Å². The molecule has 0 rings (SSSR count). The van der Waals surface area contributed by atoms with Gasteiger partial charge in [-0.2, -0.15) is 0 Å². The van der Waals surface area contributed by atoms with Gasteiger partial charge in [0.25, 0.3) is 0 Å². The Morgan fingerprint density at radius 2 is 2.00 bits per heavy atom. The Morgan fingerprint density at radius 1 is 1.50 bits per heavy atom. The van der Waals surface area contributed by atoms with E-state index in [-0.39, 0.29) is 14.9 Å². The summed E-state index contributed by atoms with van der Waals surface area (Å²) in [7, 11) is 0. The normalized spacial score (nSPS) is 6.12. The summed E-state index contributed by atoms with van der Waals surface area (Å²) in [5, 5.41) is 0. The fourth-order valence-corrected chi connectivity index (χ4v) is 0.201. The molecule has 0 aromatic carbocycles. The molecule has 0 aromatic rings. The van der Waals surface area contributed by atoms with Gasteiger partial charge in [0.1, 0.15) is 0 Å². The summed E-state index contributed by atoms with van der Waals surface area (Å²) in [6.07, 6.45) is 1.74. The van der Waals surface area contributed by atoms with Crippen LogP contribution in [-0.4, -0.2) is 13.2 Å². The molecule has 0 spiro atoms. The van der Waals surface area contributed by atoms with E-state index in [0.29, 0.717) is 6.61 Å². The van der Waals surface area contributed by atoms with Gasteiger partial charge in [-0.3, -0.25) is 0 Å². The Morgan fingerprint density at radius 3 is 2.12 bits per heavy atom. The largest absolute Gasteiger partial charge is 0.378 e. The summed E-state index contributed by atoms with van der Waals surface area (Å²) >= 11 is 0. The summed E-state index contributed by atoms with van der Waals surface area (Å²) < 4.78 is 4.86. The molecule has 0 aliphatic heterocycles. The van der Waals surface area contributed by atoms with Gasteiger partial charge in [-0.05, 0) is 6.92 Å². The maximum absolute atomic E-state index is 4.86. The van der Waals surface area contributed by atoms with Crippen LogP contribution in [0.5, 0.6) is 0 Å². The van der Waals surface area contributed by atoms with E-state index in [1.807, 2.05) is 6.92 Å². The predicted molar refractivity (Wildman–Crippen MR) is 40.2 cm³/mol. The SMILES string of the molecule is C.C.C=CCOCC. The van der Waals surface area contributed by atoms with Crippen molar-refractivity contribution in [2.75, 3.05) is 13.2 Å². The summed E-state index contributed by atoms with van der Waals surface area (Å²) in [6, 6.07) is 0. The number of rotatable bonds is 3. The van der Waals surface area contributed by atoms with Crippen LogP contribution in [0.2, 0.25) is 0 Å². The molecule has 0 atom stereocenters. The molecule has 0 radical (unpaired) electrons. The zero-order valence-electron chi connectivity index (χ0n) is 4.11. The third kappa shape index (κ3) is 17.3. The lowest BCUT2D eigenvalue weighted by atomic mass is 10.7. The first-order valence-electron chi connectivity index (χ1n) is 2.10. The van der Waals surface area contributed by atoms with E-state index in [4.69, 9.17) is 4.74 Å². The fraction of sp³-hybridized carbons (Fsp3) is 0.714. The molecule has 0 bridgehead atoms. The predicted octanol–water partition coefficient (Wildman–Crippen LogP) is 2.48. The first-order valence-corrected chi connectivity index (χ1v) is 2.10. The second kappa shape index (κ2) is 15.9. The van der Waals surface area contributed by atoms with Gasteiger partial charge in [0.15, 0.2) is 0 Å². The Hall–Kier alpha value is -0.300. The molecule has 8 heavy (non-hydrogen) atoms. The highest BCUT2D eigenvalue weighted by molar-refractivity contribution is 4.62. The molecule has 0 amide bonds. The highest BCUT2D eigenvalue weighted by atomic mass is 16.5. The number of ether oxygens (including phenoxy) is 1. The maximum atomic E-state index is 4.86. The molecule has 52 valence electrons. The first kappa shape index (κ1) is 15.6. The molecule has 0 unspecified atom stereocenters. The highest BCUT2D eigenvalue weighted by Crippen LogP contribution is 1.69. The lowest BCUT2D eigenvalue weighted by Gasteiger charge is -1.88. The summed E-state index contributed by atoms with van der Waals surface area (Å²) in [4.78, 5) is 0. The van der Waals surface area contributed by atoms with Gasteiger partial charge in [-0.25, -0.2) is 0 Å². The molecule has 0 heterocycles. The molecule has 1 heteroatoms. The molecule has 0 aliphatic rings. The second-order valence-electron chi connectivity index (χ2n) is 0.948. The van der Waals surface area contributed by atoms with Crippen molar-refractivity contribution in [3.63, 3.8) is 0 Å². The minimum Gasteiger partial charge on any atom is -0.378 e. The Bertz CT molecular complexity index is 33.4. The van der Waals surface area contributed by atoms with Gasteiger partial charge in [-0.1, -0.05) is 20.9 Å². The van der Waals surface area contributed by atoms with Crippen LogP contribution < -0.4 is 0 Å². The third-order valence-electron chi connectivity index (χ3n) is 0.440. The average molecular weight is 118 g/mol. The summed E-state index contributed by atoms with van der Waals surface area (Å²) in [5.74, 6) is 0. The molecule has 0 aromatic heterocycles. The van der Waals surface area contributed by atoms with Gasteiger partial charge in [0.05, 0.1) is 6.61 Å². The topological polar surface area (TPSA) is 9.23 Å². The van der Waals surface area contributed by atoms with Gasteiger partial charge in [0, 0.05) is 6.61 Å². The van der Waals surface area contributed by atoms with Crippen molar-refractivity contribution >= 4 is 0 Å². The quantitative estimate of drug-likeness (QED) is 0.408. The molecule has 0 saturated carbocycles. The fourth-order valence-electron chi connectivity index (χ4n) is 0.201. The Balaban J connectivity index is -0.000000125. The zero-order valence-corrected chi connectivity index (χ0v) is 4.11. The smallest absolute Gasteiger partial charge is 0.0644 e. The van der Waals surface area contributed by atoms with Crippen molar-refractivity contribution in [1.82, 2.24) is 0 Å². The van der Waals surface area contributed by atoms with E-state index in [1.54, 1.807) is 6.08 Å². The van der Waals surface area contributed by atoms with E-state index in [9.17, 15) is 0 Å². The number of hydrogen-bond donors (Lipinski definition) is 0. The highest BCUT2D eigenvalue weighted by Gasteiger charge is 1.67. The molecular formula is C7H18O. The second-order valence-corrected chi connectivity index (χ2v) is 0.948. The Labute approximate surface area is 53.4 Å². The van der Waals surface area contributed by atoms with Crippen LogP contribution in [0.1, 0.15) is 21.8 Å². The van der Waals surface area contributed by atoms with Crippen molar-refractivity contribution in [3.05, 3.63) is 12.7 Å². The van der Waals surface area contributed by atoms with Crippen molar-refractivity contribution in [2.24, 2.45) is 0 Å². The number of hydrogen-bond acceptors (Lipinski definition) is 1. The minimum atomic E-state index is 0. The van der Waals surface area contributed by atoms with Crippen molar-refractivity contribution in [3.8, 4) is 0 Å². The molecular weight excluding hydrogens is 100 g/mol. The lowest BCUT2D eigenvalue weighted by Crippen LogP contribution is -1.86. The lowest BCUT2D eigenvalue weighted by molar-refractivity contribution is 0.178. The van der Waals surface area contributed by atoms with E-state index >= 15 is 0 Å². The van der Waals surface area contributed by atoms with E-state index in [1.165, 1.54) is 0 Å². The van der Waals surface area contributed by atoms with Crippen LogP contribution in [0.15, 0.2) is 12.7 Å². The molecule has 0 N–H and O–H groups in total. The monoisotopic (exact) mass is 118 g/mol. The zero-order chi connectivity index (χ0) is 4.83. The minimum absolute atomic E-state index is 0. The van der Waals surface area contributed by atoms with Crippen LogP contribution in [0.4, 0.5) is 0 Å². The molecule has 0 aliphatic carbocycles. The van der Waals surface area contributed by atoms with Gasteiger partial charge in [-0.15, -0.1) is 6.58 Å². The molecule has 0 saturated heterocycles. The maximum Gasteiger partial charge on any atom is 0.0644 e. The van der Waals surface area contributed by atoms with Crippen LogP contribution in [0.25, 0.3) is 0 Å². The van der Waals surface area contributed by atoms with Gasteiger partial charge < -0.3 is 4.74 Å².